The zero-order chi connectivity index (χ0) is 28.1. The number of aldehydes is 1. The number of aryl methyl sites for hydroxylation is 1. The molecule has 38 heavy (non-hydrogen) atoms. The molecule has 2 aliphatic rings. The van der Waals surface area contributed by atoms with E-state index >= 15 is 0 Å². The van der Waals surface area contributed by atoms with Crippen molar-refractivity contribution >= 4 is 23.2 Å². The number of rotatable bonds is 6. The number of carbonyl (C=O) groups excluding carboxylic acids is 2. The molecule has 2 aliphatic heterocycles. The van der Waals surface area contributed by atoms with E-state index in [4.69, 9.17) is 24.7 Å². The molecule has 0 fully saturated rings. The lowest BCUT2D eigenvalue weighted by Crippen LogP contribution is -2.32. The van der Waals surface area contributed by atoms with E-state index in [0.29, 0.717) is 36.1 Å². The van der Waals surface area contributed by atoms with Crippen LogP contribution in [0.4, 0.5) is 0 Å². The monoisotopic (exact) mass is 522 g/mol. The topological polar surface area (TPSA) is 128 Å². The number of carbonyl (C=O) groups is 2. The molecule has 2 aromatic heterocycles. The number of aromatic nitrogens is 2. The van der Waals surface area contributed by atoms with Crippen LogP contribution in [0.25, 0.3) is 22.3 Å². The van der Waals surface area contributed by atoms with Crippen LogP contribution in [0.5, 0.6) is 5.75 Å². The second-order valence-electron chi connectivity index (χ2n) is 8.83. The fourth-order valence-corrected chi connectivity index (χ4v) is 5.02. The molecule has 0 aliphatic carbocycles. The first-order valence-corrected chi connectivity index (χ1v) is 12.5. The zero-order valence-corrected chi connectivity index (χ0v) is 22.4. The van der Waals surface area contributed by atoms with Crippen LogP contribution in [0.15, 0.2) is 41.2 Å². The molecule has 9 heteroatoms. The molecule has 5 rings (SSSR count). The second-order valence-corrected chi connectivity index (χ2v) is 8.83. The Morgan fingerprint density at radius 1 is 1.21 bits per heavy atom. The molecule has 2 atom stereocenters. The molecular formula is C29H34N2O7. The lowest BCUT2D eigenvalue weighted by atomic mass is 9.90. The van der Waals surface area contributed by atoms with Gasteiger partial charge in [-0.1, -0.05) is 20.4 Å². The van der Waals surface area contributed by atoms with Crippen molar-refractivity contribution in [1.29, 1.82) is 0 Å². The summed E-state index contributed by atoms with van der Waals surface area (Å²) in [7, 11) is 2.00. The van der Waals surface area contributed by atoms with Gasteiger partial charge in [-0.3, -0.25) is 14.4 Å². The van der Waals surface area contributed by atoms with Crippen molar-refractivity contribution in [2.24, 2.45) is 0 Å². The molecule has 0 radical (unpaired) electrons. The summed E-state index contributed by atoms with van der Waals surface area (Å²) in [6.07, 6.45) is 1.59. The summed E-state index contributed by atoms with van der Waals surface area (Å²) in [4.78, 5) is 41.7. The standard InChI is InChI=1S/C27H26N2O5.2CH4O/c1-5-17-20-9-16(34-15(4)14(3)12-30)7-8-23(20)28-25-21(17)11-29-24(25)10-19-18(6-2)27(32)33-13-22(19)26(29)31;2*1-2/h7-10,12,15,18H,3,5-6,11,13H2,1-2,4H3;2*2H,1H3. The van der Waals surface area contributed by atoms with Gasteiger partial charge in [0.05, 0.1) is 34.9 Å². The number of benzene rings is 1. The van der Waals surface area contributed by atoms with Crippen molar-refractivity contribution in [3.8, 4) is 17.1 Å². The summed E-state index contributed by atoms with van der Waals surface area (Å²) in [6.45, 7) is 9.95. The summed E-state index contributed by atoms with van der Waals surface area (Å²) < 4.78 is 13.0. The minimum absolute atomic E-state index is 0.0150. The number of pyridine rings is 2. The van der Waals surface area contributed by atoms with Crippen LogP contribution in [0.1, 0.15) is 55.4 Å². The molecule has 9 nitrogen and oxygen atoms in total. The number of aliphatic hydroxyl groups is 2. The van der Waals surface area contributed by atoms with E-state index in [9.17, 15) is 14.4 Å². The van der Waals surface area contributed by atoms with Crippen LogP contribution in [0, 0.1) is 0 Å². The van der Waals surface area contributed by atoms with E-state index in [1.54, 1.807) is 11.5 Å². The van der Waals surface area contributed by atoms with E-state index in [1.165, 1.54) is 0 Å². The second kappa shape index (κ2) is 12.1. The quantitative estimate of drug-likeness (QED) is 0.224. The van der Waals surface area contributed by atoms with Crippen molar-refractivity contribution in [2.45, 2.75) is 58.8 Å². The number of aliphatic hydroxyl groups excluding tert-OH is 2. The zero-order valence-electron chi connectivity index (χ0n) is 22.4. The van der Waals surface area contributed by atoms with Gasteiger partial charge in [-0.25, -0.2) is 4.98 Å². The Morgan fingerprint density at radius 3 is 2.55 bits per heavy atom. The molecule has 4 heterocycles. The smallest absolute Gasteiger partial charge is 0.313 e. The maximum Gasteiger partial charge on any atom is 0.313 e. The predicted molar refractivity (Wildman–Crippen MR) is 144 cm³/mol. The minimum Gasteiger partial charge on any atom is -0.486 e. The number of esters is 1. The fourth-order valence-electron chi connectivity index (χ4n) is 5.02. The van der Waals surface area contributed by atoms with Gasteiger partial charge in [0.25, 0.3) is 5.56 Å². The van der Waals surface area contributed by atoms with E-state index in [2.05, 4.69) is 13.5 Å². The Balaban J connectivity index is 0.000000956. The molecule has 2 unspecified atom stereocenters. The Morgan fingerprint density at radius 2 is 1.92 bits per heavy atom. The minimum atomic E-state index is -0.437. The molecule has 0 saturated heterocycles. The third kappa shape index (κ3) is 4.87. The first-order chi connectivity index (χ1) is 18.4. The molecule has 0 saturated carbocycles. The van der Waals surface area contributed by atoms with Gasteiger partial charge in [0.1, 0.15) is 24.7 Å². The lowest BCUT2D eigenvalue weighted by molar-refractivity contribution is -0.148. The summed E-state index contributed by atoms with van der Waals surface area (Å²) in [5, 5.41) is 15.0. The predicted octanol–water partition coefficient (Wildman–Crippen LogP) is 3.28. The number of hydrogen-bond donors (Lipinski definition) is 2. The highest BCUT2D eigenvalue weighted by Crippen LogP contribution is 2.39. The Labute approximate surface area is 221 Å². The maximum absolute atomic E-state index is 13.4. The summed E-state index contributed by atoms with van der Waals surface area (Å²) in [5.41, 5.74) is 6.03. The van der Waals surface area contributed by atoms with Gasteiger partial charge in [0.2, 0.25) is 0 Å². The summed E-state index contributed by atoms with van der Waals surface area (Å²) in [6, 6.07) is 7.62. The number of hydrogen-bond acceptors (Lipinski definition) is 8. The Hall–Kier alpha value is -3.82. The van der Waals surface area contributed by atoms with E-state index in [1.807, 2.05) is 31.2 Å². The first-order valence-electron chi connectivity index (χ1n) is 12.5. The van der Waals surface area contributed by atoms with Crippen LogP contribution in [0.2, 0.25) is 0 Å². The molecule has 0 spiro atoms. The highest BCUT2D eigenvalue weighted by atomic mass is 16.5. The van der Waals surface area contributed by atoms with Crippen molar-refractivity contribution in [2.75, 3.05) is 14.2 Å². The van der Waals surface area contributed by atoms with E-state index in [-0.39, 0.29) is 18.1 Å². The van der Waals surface area contributed by atoms with Crippen LogP contribution >= 0.6 is 0 Å². The highest BCUT2D eigenvalue weighted by molar-refractivity contribution is 5.89. The maximum atomic E-state index is 13.4. The number of nitrogens with zero attached hydrogens (tertiary/aromatic N) is 2. The van der Waals surface area contributed by atoms with Crippen molar-refractivity contribution in [3.05, 3.63) is 69.0 Å². The number of fused-ring (bicyclic) bond motifs is 5. The first kappa shape index (κ1) is 28.7. The van der Waals surface area contributed by atoms with Crippen molar-refractivity contribution in [3.63, 3.8) is 0 Å². The fraction of sp³-hybridized carbons (Fsp3) is 0.379. The van der Waals surface area contributed by atoms with E-state index < -0.39 is 12.0 Å². The van der Waals surface area contributed by atoms with Crippen molar-refractivity contribution in [1.82, 2.24) is 9.55 Å². The van der Waals surface area contributed by atoms with Gasteiger partial charge in [-0.15, -0.1) is 0 Å². The van der Waals surface area contributed by atoms with Gasteiger partial charge < -0.3 is 24.3 Å². The summed E-state index contributed by atoms with van der Waals surface area (Å²) >= 11 is 0. The molecule has 0 bridgehead atoms. The van der Waals surface area contributed by atoms with Crippen LogP contribution < -0.4 is 10.3 Å². The van der Waals surface area contributed by atoms with Crippen LogP contribution in [-0.4, -0.2) is 52.3 Å². The molecular weight excluding hydrogens is 488 g/mol. The third-order valence-corrected chi connectivity index (χ3v) is 6.94. The average molecular weight is 523 g/mol. The third-order valence-electron chi connectivity index (χ3n) is 6.94. The van der Waals surface area contributed by atoms with Gasteiger partial charge >= 0.3 is 5.97 Å². The van der Waals surface area contributed by atoms with Crippen LogP contribution in [0.3, 0.4) is 0 Å². The Kier molecular flexibility index (Phi) is 9.19. The largest absolute Gasteiger partial charge is 0.486 e. The number of ether oxygens (including phenoxy) is 2. The van der Waals surface area contributed by atoms with E-state index in [0.717, 1.165) is 59.6 Å². The Bertz CT molecular complexity index is 1440. The average Bonchev–Trinajstić information content (AvgIpc) is 3.31. The summed E-state index contributed by atoms with van der Waals surface area (Å²) in [5.74, 6) is -0.0818. The molecule has 2 N–H and O–H groups in total. The van der Waals surface area contributed by atoms with Gasteiger partial charge in [0, 0.05) is 30.7 Å². The highest BCUT2D eigenvalue weighted by Gasteiger charge is 2.34. The lowest BCUT2D eigenvalue weighted by Gasteiger charge is -2.24. The number of cyclic esters (lactones) is 1. The molecule has 3 aromatic rings. The SMILES string of the molecule is C=C(C=O)C(C)Oc1ccc2nc3c(c(CC)c2c1)Cn1c-3cc2c(c1=O)COC(=O)C2CC.CO.CO. The molecule has 0 amide bonds. The van der Waals surface area contributed by atoms with Crippen LogP contribution in [-0.2, 0) is 33.9 Å². The van der Waals surface area contributed by atoms with Gasteiger partial charge in [-0.05, 0) is 55.2 Å². The molecule has 202 valence electrons. The molecule has 1 aromatic carbocycles. The van der Waals surface area contributed by atoms with Gasteiger partial charge in [0.15, 0.2) is 0 Å². The van der Waals surface area contributed by atoms with Gasteiger partial charge in [-0.2, -0.15) is 0 Å². The normalized spacial score (nSPS) is 15.4. The van der Waals surface area contributed by atoms with Crippen molar-refractivity contribution < 1.29 is 29.3 Å².